The van der Waals surface area contributed by atoms with Crippen molar-refractivity contribution in [3.63, 3.8) is 0 Å². The SMILES string of the molecule is C=CC[N+](C)(C)CCCCOCc1ccccc1. The number of hydrogen-bond donors (Lipinski definition) is 0. The van der Waals surface area contributed by atoms with Crippen LogP contribution in [-0.4, -0.2) is 38.3 Å². The largest absolute Gasteiger partial charge is 0.377 e. The second kappa shape index (κ2) is 8.06. The molecule has 0 unspecified atom stereocenters. The zero-order chi connectivity index (χ0) is 13.3. The van der Waals surface area contributed by atoms with Gasteiger partial charge in [-0.25, -0.2) is 0 Å². The minimum absolute atomic E-state index is 0.728. The maximum Gasteiger partial charge on any atom is 0.0966 e. The van der Waals surface area contributed by atoms with Crippen molar-refractivity contribution in [1.82, 2.24) is 0 Å². The van der Waals surface area contributed by atoms with Gasteiger partial charge in [-0.2, -0.15) is 0 Å². The molecule has 2 heteroatoms. The highest BCUT2D eigenvalue weighted by Crippen LogP contribution is 2.04. The van der Waals surface area contributed by atoms with Crippen LogP contribution in [0.3, 0.4) is 0 Å². The Morgan fingerprint density at radius 2 is 1.89 bits per heavy atom. The van der Waals surface area contributed by atoms with Gasteiger partial charge in [0.25, 0.3) is 0 Å². The van der Waals surface area contributed by atoms with Gasteiger partial charge in [-0.1, -0.05) is 36.9 Å². The molecule has 0 heterocycles. The number of quaternary nitrogens is 1. The molecule has 0 atom stereocenters. The smallest absolute Gasteiger partial charge is 0.0966 e. The van der Waals surface area contributed by atoms with Gasteiger partial charge in [-0.05, 0) is 24.5 Å². The van der Waals surface area contributed by atoms with Crippen LogP contribution in [-0.2, 0) is 11.3 Å². The van der Waals surface area contributed by atoms with Crippen LogP contribution in [0.5, 0.6) is 0 Å². The van der Waals surface area contributed by atoms with Crippen LogP contribution in [0.4, 0.5) is 0 Å². The van der Waals surface area contributed by atoms with Gasteiger partial charge in [0.1, 0.15) is 0 Å². The molecule has 0 aliphatic heterocycles. The average Bonchev–Trinajstić information content (AvgIpc) is 2.35. The topological polar surface area (TPSA) is 9.23 Å². The summed E-state index contributed by atoms with van der Waals surface area (Å²) >= 11 is 0. The summed E-state index contributed by atoms with van der Waals surface area (Å²) in [6.45, 7) is 7.59. The molecule has 1 aromatic rings. The van der Waals surface area contributed by atoms with Crippen LogP contribution in [0.1, 0.15) is 18.4 Å². The summed E-state index contributed by atoms with van der Waals surface area (Å²) < 4.78 is 6.68. The Bertz CT molecular complexity index is 332. The first kappa shape index (κ1) is 14.9. The molecule has 2 nitrogen and oxygen atoms in total. The Morgan fingerprint density at radius 1 is 1.17 bits per heavy atom. The Labute approximate surface area is 111 Å². The monoisotopic (exact) mass is 248 g/mol. The summed E-state index contributed by atoms with van der Waals surface area (Å²) in [6, 6.07) is 10.3. The first-order valence-corrected chi connectivity index (χ1v) is 6.68. The zero-order valence-electron chi connectivity index (χ0n) is 11.8. The maximum atomic E-state index is 5.67. The number of nitrogens with zero attached hydrogens (tertiary/aromatic N) is 1. The van der Waals surface area contributed by atoms with E-state index in [0.717, 1.165) is 30.7 Å². The molecule has 0 aromatic heterocycles. The van der Waals surface area contributed by atoms with Crippen molar-refractivity contribution in [2.24, 2.45) is 0 Å². The molecule has 0 N–H and O–H groups in total. The fourth-order valence-electron chi connectivity index (χ4n) is 1.95. The van der Waals surface area contributed by atoms with E-state index in [1.54, 1.807) is 0 Å². The highest BCUT2D eigenvalue weighted by molar-refractivity contribution is 5.13. The molecule has 1 aromatic carbocycles. The predicted molar refractivity (Wildman–Crippen MR) is 77.4 cm³/mol. The Morgan fingerprint density at radius 3 is 2.56 bits per heavy atom. The molecule has 0 aliphatic rings. The van der Waals surface area contributed by atoms with E-state index in [0.29, 0.717) is 0 Å². The molecule has 0 saturated heterocycles. The van der Waals surface area contributed by atoms with Crippen LogP contribution >= 0.6 is 0 Å². The molecule has 0 radical (unpaired) electrons. The third kappa shape index (κ3) is 6.58. The highest BCUT2D eigenvalue weighted by atomic mass is 16.5. The molecule has 100 valence electrons. The molecule has 18 heavy (non-hydrogen) atoms. The fraction of sp³-hybridized carbons (Fsp3) is 0.500. The van der Waals surface area contributed by atoms with Crippen molar-refractivity contribution in [3.8, 4) is 0 Å². The van der Waals surface area contributed by atoms with E-state index < -0.39 is 0 Å². The van der Waals surface area contributed by atoms with E-state index in [9.17, 15) is 0 Å². The standard InChI is InChI=1S/C16H26NO/c1-4-12-17(2,3)13-8-9-14-18-15-16-10-6-5-7-11-16/h4-7,10-11H,1,8-9,12-15H2,2-3H3/q+1. The number of rotatable bonds is 9. The first-order valence-electron chi connectivity index (χ1n) is 6.68. The lowest BCUT2D eigenvalue weighted by Crippen LogP contribution is -2.40. The lowest BCUT2D eigenvalue weighted by molar-refractivity contribution is -0.884. The van der Waals surface area contributed by atoms with Gasteiger partial charge >= 0.3 is 0 Å². The Balaban J connectivity index is 2.04. The molecule has 0 fully saturated rings. The van der Waals surface area contributed by atoms with Gasteiger partial charge in [-0.15, -0.1) is 0 Å². The van der Waals surface area contributed by atoms with Gasteiger partial charge in [0.2, 0.25) is 0 Å². The molecule has 1 rings (SSSR count). The van der Waals surface area contributed by atoms with Crippen molar-refractivity contribution in [2.75, 3.05) is 33.8 Å². The van der Waals surface area contributed by atoms with Crippen LogP contribution < -0.4 is 0 Å². The maximum absolute atomic E-state index is 5.67. The van der Waals surface area contributed by atoms with Gasteiger partial charge in [0.15, 0.2) is 0 Å². The number of ether oxygens (including phenoxy) is 1. The summed E-state index contributed by atoms with van der Waals surface area (Å²) in [5, 5.41) is 0. The Kier molecular flexibility index (Phi) is 6.69. The predicted octanol–water partition coefficient (Wildman–Crippen LogP) is 3.25. The highest BCUT2D eigenvalue weighted by Gasteiger charge is 2.11. The summed E-state index contributed by atoms with van der Waals surface area (Å²) in [5.74, 6) is 0. The van der Waals surface area contributed by atoms with E-state index in [-0.39, 0.29) is 0 Å². The third-order valence-electron chi connectivity index (χ3n) is 3.04. The number of likely N-dealkylation sites (N-methyl/N-ethyl adjacent to an activating group) is 1. The summed E-state index contributed by atoms with van der Waals surface area (Å²) in [4.78, 5) is 0. The summed E-state index contributed by atoms with van der Waals surface area (Å²) in [7, 11) is 4.49. The minimum atomic E-state index is 0.728. The van der Waals surface area contributed by atoms with Gasteiger partial charge in [0, 0.05) is 6.61 Å². The lowest BCUT2D eigenvalue weighted by atomic mass is 10.2. The van der Waals surface area contributed by atoms with Crippen LogP contribution in [0, 0.1) is 0 Å². The van der Waals surface area contributed by atoms with Crippen molar-refractivity contribution in [2.45, 2.75) is 19.4 Å². The molecular weight excluding hydrogens is 222 g/mol. The van der Waals surface area contributed by atoms with Crippen molar-refractivity contribution < 1.29 is 9.22 Å². The van der Waals surface area contributed by atoms with Crippen LogP contribution in [0.2, 0.25) is 0 Å². The summed E-state index contributed by atoms with van der Waals surface area (Å²) in [5.41, 5.74) is 1.25. The molecule has 0 saturated carbocycles. The van der Waals surface area contributed by atoms with Crippen molar-refractivity contribution >= 4 is 0 Å². The van der Waals surface area contributed by atoms with E-state index in [1.807, 2.05) is 24.3 Å². The van der Waals surface area contributed by atoms with Gasteiger partial charge in [-0.3, -0.25) is 0 Å². The van der Waals surface area contributed by atoms with Gasteiger partial charge < -0.3 is 9.22 Å². The molecule has 0 aliphatic carbocycles. The quantitative estimate of drug-likeness (QED) is 0.370. The normalized spacial score (nSPS) is 11.4. The number of benzene rings is 1. The molecule has 0 bridgehead atoms. The fourth-order valence-corrected chi connectivity index (χ4v) is 1.95. The number of unbranched alkanes of at least 4 members (excludes halogenated alkanes) is 1. The molecule has 0 amide bonds. The first-order chi connectivity index (χ1) is 8.64. The van der Waals surface area contributed by atoms with E-state index in [2.05, 4.69) is 32.8 Å². The Hall–Kier alpha value is -1.12. The van der Waals surface area contributed by atoms with E-state index >= 15 is 0 Å². The zero-order valence-corrected chi connectivity index (χ0v) is 11.8. The minimum Gasteiger partial charge on any atom is -0.377 e. The van der Waals surface area contributed by atoms with Crippen LogP contribution in [0.25, 0.3) is 0 Å². The molecule has 0 spiro atoms. The van der Waals surface area contributed by atoms with Crippen molar-refractivity contribution in [1.29, 1.82) is 0 Å². The van der Waals surface area contributed by atoms with E-state index in [4.69, 9.17) is 4.74 Å². The van der Waals surface area contributed by atoms with E-state index in [1.165, 1.54) is 18.5 Å². The third-order valence-corrected chi connectivity index (χ3v) is 3.04. The lowest BCUT2D eigenvalue weighted by Gasteiger charge is -2.28. The second-order valence-electron chi connectivity index (χ2n) is 5.38. The number of hydrogen-bond acceptors (Lipinski definition) is 1. The average molecular weight is 248 g/mol. The van der Waals surface area contributed by atoms with Crippen LogP contribution in [0.15, 0.2) is 43.0 Å². The van der Waals surface area contributed by atoms with Gasteiger partial charge in [0.05, 0.1) is 33.8 Å². The molecular formula is C16H26NO+. The second-order valence-corrected chi connectivity index (χ2v) is 5.38. The summed E-state index contributed by atoms with van der Waals surface area (Å²) in [6.07, 6.45) is 4.33. The van der Waals surface area contributed by atoms with Crippen molar-refractivity contribution in [3.05, 3.63) is 48.6 Å².